The van der Waals surface area contributed by atoms with Gasteiger partial charge in [-0.3, -0.25) is 4.79 Å². The minimum absolute atomic E-state index is 0.0563. The van der Waals surface area contributed by atoms with Crippen molar-refractivity contribution in [2.24, 2.45) is 0 Å². The summed E-state index contributed by atoms with van der Waals surface area (Å²) in [5, 5.41) is 2.75. The topological polar surface area (TPSA) is 67.4 Å². The van der Waals surface area contributed by atoms with Crippen LogP contribution in [0.25, 0.3) is 0 Å². The van der Waals surface area contributed by atoms with Crippen LogP contribution >= 0.6 is 0 Å². The number of nitrogens with zero attached hydrogens (tertiary/aromatic N) is 3. The number of hydrogen-bond donors (Lipinski definition) is 1. The molecule has 18 heavy (non-hydrogen) atoms. The van der Waals surface area contributed by atoms with Gasteiger partial charge in [0.2, 0.25) is 11.9 Å². The van der Waals surface area contributed by atoms with Crippen LogP contribution < -0.4 is 10.2 Å². The van der Waals surface area contributed by atoms with Gasteiger partial charge in [-0.2, -0.15) is 0 Å². The van der Waals surface area contributed by atoms with Crippen LogP contribution in [0.5, 0.6) is 0 Å². The zero-order chi connectivity index (χ0) is 13.0. The van der Waals surface area contributed by atoms with E-state index in [2.05, 4.69) is 20.2 Å². The molecule has 1 amide bonds. The van der Waals surface area contributed by atoms with Gasteiger partial charge in [0, 0.05) is 25.7 Å². The Morgan fingerprint density at radius 3 is 2.83 bits per heavy atom. The highest BCUT2D eigenvalue weighted by molar-refractivity contribution is 5.72. The Kier molecular flexibility index (Phi) is 4.09. The SMILES string of the molecule is CC(=O)NCc1cc(C)nc(N2CCOCC2)n1. The predicted molar refractivity (Wildman–Crippen MR) is 67.3 cm³/mol. The zero-order valence-corrected chi connectivity index (χ0v) is 10.8. The van der Waals surface area contributed by atoms with Crippen LogP contribution in [-0.2, 0) is 16.1 Å². The standard InChI is InChI=1S/C12H18N4O2/c1-9-7-11(8-13-10(2)17)15-12(14-9)16-3-5-18-6-4-16/h7H,3-6,8H2,1-2H3,(H,13,17). The number of nitrogens with one attached hydrogen (secondary N) is 1. The first-order valence-corrected chi connectivity index (χ1v) is 6.07. The molecule has 1 aliphatic rings. The Balaban J connectivity index is 2.12. The third-order valence-corrected chi connectivity index (χ3v) is 2.71. The first-order chi connectivity index (χ1) is 8.65. The van der Waals surface area contributed by atoms with Gasteiger partial charge in [0.05, 0.1) is 25.5 Å². The highest BCUT2D eigenvalue weighted by Crippen LogP contribution is 2.12. The van der Waals surface area contributed by atoms with Crippen molar-refractivity contribution in [2.45, 2.75) is 20.4 Å². The number of aryl methyl sites for hydroxylation is 1. The van der Waals surface area contributed by atoms with E-state index in [1.54, 1.807) is 0 Å². The number of ether oxygens (including phenoxy) is 1. The maximum absolute atomic E-state index is 10.9. The molecule has 0 spiro atoms. The molecule has 1 aromatic heterocycles. The number of anilines is 1. The molecule has 0 atom stereocenters. The monoisotopic (exact) mass is 250 g/mol. The second-order valence-corrected chi connectivity index (χ2v) is 4.31. The van der Waals surface area contributed by atoms with E-state index < -0.39 is 0 Å². The van der Waals surface area contributed by atoms with Crippen molar-refractivity contribution in [2.75, 3.05) is 31.2 Å². The Labute approximate surface area is 106 Å². The minimum Gasteiger partial charge on any atom is -0.378 e. The molecule has 0 aliphatic carbocycles. The zero-order valence-electron chi connectivity index (χ0n) is 10.8. The van der Waals surface area contributed by atoms with E-state index in [0.717, 1.165) is 30.4 Å². The molecule has 1 saturated heterocycles. The van der Waals surface area contributed by atoms with E-state index in [0.29, 0.717) is 19.8 Å². The molecule has 1 fully saturated rings. The maximum atomic E-state index is 10.9. The van der Waals surface area contributed by atoms with Gasteiger partial charge in [-0.25, -0.2) is 9.97 Å². The summed E-state index contributed by atoms with van der Waals surface area (Å²) in [6.07, 6.45) is 0. The van der Waals surface area contributed by atoms with Gasteiger partial charge in [0.25, 0.3) is 0 Å². The molecule has 98 valence electrons. The first-order valence-electron chi connectivity index (χ1n) is 6.07. The summed E-state index contributed by atoms with van der Waals surface area (Å²) in [5.74, 6) is 0.665. The number of amides is 1. The van der Waals surface area contributed by atoms with Gasteiger partial charge in [-0.05, 0) is 13.0 Å². The van der Waals surface area contributed by atoms with Crippen LogP contribution in [0.1, 0.15) is 18.3 Å². The smallest absolute Gasteiger partial charge is 0.225 e. The van der Waals surface area contributed by atoms with Gasteiger partial charge in [0.15, 0.2) is 0 Å². The Morgan fingerprint density at radius 2 is 2.17 bits per heavy atom. The van der Waals surface area contributed by atoms with Crippen molar-refractivity contribution in [3.63, 3.8) is 0 Å². The molecule has 0 aromatic carbocycles. The van der Waals surface area contributed by atoms with Crippen LogP contribution in [-0.4, -0.2) is 42.2 Å². The van der Waals surface area contributed by atoms with Crippen LogP contribution in [0.2, 0.25) is 0 Å². The maximum Gasteiger partial charge on any atom is 0.225 e. The van der Waals surface area contributed by atoms with E-state index in [-0.39, 0.29) is 5.91 Å². The van der Waals surface area contributed by atoms with Gasteiger partial charge in [-0.15, -0.1) is 0 Å². The van der Waals surface area contributed by atoms with E-state index in [4.69, 9.17) is 4.74 Å². The molecule has 2 heterocycles. The summed E-state index contributed by atoms with van der Waals surface area (Å²) in [6.45, 7) is 6.90. The lowest BCUT2D eigenvalue weighted by Crippen LogP contribution is -2.37. The van der Waals surface area contributed by atoms with E-state index in [1.807, 2.05) is 13.0 Å². The van der Waals surface area contributed by atoms with Crippen molar-refractivity contribution in [1.29, 1.82) is 0 Å². The van der Waals surface area contributed by atoms with E-state index in [1.165, 1.54) is 6.92 Å². The predicted octanol–water partition coefficient (Wildman–Crippen LogP) is 0.258. The van der Waals surface area contributed by atoms with Crippen LogP contribution in [0.15, 0.2) is 6.07 Å². The van der Waals surface area contributed by atoms with E-state index in [9.17, 15) is 4.79 Å². The largest absolute Gasteiger partial charge is 0.378 e. The molecule has 1 N–H and O–H groups in total. The molecule has 0 radical (unpaired) electrons. The fourth-order valence-electron chi connectivity index (χ4n) is 1.83. The van der Waals surface area contributed by atoms with Crippen molar-refractivity contribution >= 4 is 11.9 Å². The van der Waals surface area contributed by atoms with Gasteiger partial charge < -0.3 is 15.0 Å². The molecule has 6 heteroatoms. The Hall–Kier alpha value is -1.69. The number of aromatic nitrogens is 2. The second-order valence-electron chi connectivity index (χ2n) is 4.31. The van der Waals surface area contributed by atoms with Gasteiger partial charge in [-0.1, -0.05) is 0 Å². The number of carbonyl (C=O) groups excluding carboxylic acids is 1. The van der Waals surface area contributed by atoms with E-state index >= 15 is 0 Å². The first kappa shape index (κ1) is 12.8. The average molecular weight is 250 g/mol. The fourth-order valence-corrected chi connectivity index (χ4v) is 1.83. The number of rotatable bonds is 3. The van der Waals surface area contributed by atoms with Gasteiger partial charge in [0.1, 0.15) is 0 Å². The molecule has 6 nitrogen and oxygen atoms in total. The molecular formula is C12H18N4O2. The Morgan fingerprint density at radius 1 is 1.44 bits per heavy atom. The summed E-state index contributed by atoms with van der Waals surface area (Å²) in [6, 6.07) is 1.89. The molecule has 1 aliphatic heterocycles. The van der Waals surface area contributed by atoms with Crippen LogP contribution in [0.3, 0.4) is 0 Å². The normalized spacial score (nSPS) is 15.6. The molecule has 0 bridgehead atoms. The van der Waals surface area contributed by atoms with Crippen molar-refractivity contribution < 1.29 is 9.53 Å². The van der Waals surface area contributed by atoms with Crippen LogP contribution in [0.4, 0.5) is 5.95 Å². The van der Waals surface area contributed by atoms with Crippen molar-refractivity contribution in [1.82, 2.24) is 15.3 Å². The fraction of sp³-hybridized carbons (Fsp3) is 0.583. The summed E-state index contributed by atoms with van der Waals surface area (Å²) in [4.78, 5) is 21.9. The second kappa shape index (κ2) is 5.77. The van der Waals surface area contributed by atoms with Gasteiger partial charge >= 0.3 is 0 Å². The quantitative estimate of drug-likeness (QED) is 0.833. The number of carbonyl (C=O) groups is 1. The molecule has 2 rings (SSSR count). The highest BCUT2D eigenvalue weighted by atomic mass is 16.5. The molecule has 1 aromatic rings. The van der Waals surface area contributed by atoms with Crippen LogP contribution in [0, 0.1) is 6.92 Å². The Bertz CT molecular complexity index is 430. The number of hydrogen-bond acceptors (Lipinski definition) is 5. The third-order valence-electron chi connectivity index (χ3n) is 2.71. The lowest BCUT2D eigenvalue weighted by atomic mass is 10.3. The molecule has 0 unspecified atom stereocenters. The highest BCUT2D eigenvalue weighted by Gasteiger charge is 2.14. The molecular weight excluding hydrogens is 232 g/mol. The minimum atomic E-state index is -0.0563. The number of morpholine rings is 1. The summed E-state index contributed by atoms with van der Waals surface area (Å²) in [5.41, 5.74) is 1.74. The third kappa shape index (κ3) is 3.40. The average Bonchev–Trinajstić information content (AvgIpc) is 2.37. The summed E-state index contributed by atoms with van der Waals surface area (Å²) in [7, 11) is 0. The summed E-state index contributed by atoms with van der Waals surface area (Å²) >= 11 is 0. The molecule has 0 saturated carbocycles. The van der Waals surface area contributed by atoms with Crippen molar-refractivity contribution in [3.8, 4) is 0 Å². The lowest BCUT2D eigenvalue weighted by molar-refractivity contribution is -0.119. The van der Waals surface area contributed by atoms with Crippen molar-refractivity contribution in [3.05, 3.63) is 17.5 Å². The lowest BCUT2D eigenvalue weighted by Gasteiger charge is -2.27. The summed E-state index contributed by atoms with van der Waals surface area (Å²) < 4.78 is 5.31.